The van der Waals surface area contributed by atoms with Crippen LogP contribution in [0.15, 0.2) is 6.07 Å². The molecule has 3 heterocycles. The third kappa shape index (κ3) is 4.94. The fourth-order valence-electron chi connectivity index (χ4n) is 2.79. The van der Waals surface area contributed by atoms with Crippen LogP contribution in [0.5, 0.6) is 0 Å². The van der Waals surface area contributed by atoms with Gasteiger partial charge in [0, 0.05) is 32.2 Å². The highest BCUT2D eigenvalue weighted by molar-refractivity contribution is 5.82. The molecule has 0 aliphatic carbocycles. The first-order valence-electron chi connectivity index (χ1n) is 8.72. The van der Waals surface area contributed by atoms with Gasteiger partial charge < -0.3 is 25.0 Å². The van der Waals surface area contributed by atoms with Crippen LogP contribution >= 0.6 is 0 Å². The van der Waals surface area contributed by atoms with Gasteiger partial charge in [-0.05, 0) is 6.92 Å². The summed E-state index contributed by atoms with van der Waals surface area (Å²) in [5, 5.41) is 5.97. The van der Waals surface area contributed by atoms with Crippen molar-refractivity contribution in [2.75, 3.05) is 69.3 Å². The van der Waals surface area contributed by atoms with Crippen molar-refractivity contribution in [3.63, 3.8) is 0 Å². The number of nitrogens with one attached hydrogen (secondary N) is 2. The van der Waals surface area contributed by atoms with Crippen molar-refractivity contribution in [2.45, 2.75) is 6.92 Å². The van der Waals surface area contributed by atoms with Crippen LogP contribution in [0, 0.1) is 6.92 Å². The van der Waals surface area contributed by atoms with E-state index < -0.39 is 6.09 Å². The predicted octanol–water partition coefficient (Wildman–Crippen LogP) is -0.398. The Morgan fingerprint density at radius 1 is 1.19 bits per heavy atom. The summed E-state index contributed by atoms with van der Waals surface area (Å²) in [5.74, 6) is 2.07. The Morgan fingerprint density at radius 2 is 2.00 bits per heavy atom. The quantitative estimate of drug-likeness (QED) is 0.629. The minimum absolute atomic E-state index is 0.0205. The maximum atomic E-state index is 11.8. The number of aryl methyl sites for hydroxylation is 1. The van der Waals surface area contributed by atoms with Crippen LogP contribution in [0.25, 0.3) is 0 Å². The molecule has 2 amide bonds. The molecule has 0 aromatic carbocycles. The molecular weight excluding hydrogens is 340 g/mol. The Morgan fingerprint density at radius 3 is 2.73 bits per heavy atom. The van der Waals surface area contributed by atoms with E-state index in [1.807, 2.05) is 13.0 Å². The lowest BCUT2D eigenvalue weighted by molar-refractivity contribution is -0.121. The average molecular weight is 364 g/mol. The van der Waals surface area contributed by atoms with Crippen LogP contribution in [-0.2, 0) is 14.3 Å². The van der Waals surface area contributed by atoms with Crippen LogP contribution in [0.2, 0.25) is 0 Å². The molecule has 10 heteroatoms. The van der Waals surface area contributed by atoms with E-state index in [2.05, 4.69) is 25.5 Å². The van der Waals surface area contributed by atoms with Gasteiger partial charge in [-0.2, -0.15) is 0 Å². The Hall–Kier alpha value is -2.62. The van der Waals surface area contributed by atoms with Crippen molar-refractivity contribution in [1.82, 2.24) is 20.2 Å². The van der Waals surface area contributed by atoms with Crippen LogP contribution in [0.4, 0.5) is 16.4 Å². The average Bonchev–Trinajstić information content (AvgIpc) is 3.04. The van der Waals surface area contributed by atoms with Gasteiger partial charge >= 0.3 is 6.09 Å². The van der Waals surface area contributed by atoms with Crippen molar-refractivity contribution >= 4 is 23.6 Å². The van der Waals surface area contributed by atoms with Gasteiger partial charge in [-0.15, -0.1) is 0 Å². The van der Waals surface area contributed by atoms with E-state index in [1.54, 1.807) is 0 Å². The number of carbonyl (C=O) groups excluding carboxylic acids is 2. The molecular formula is C16H24N6O4. The zero-order chi connectivity index (χ0) is 18.4. The lowest BCUT2D eigenvalue weighted by Gasteiger charge is -2.28. The Kier molecular flexibility index (Phi) is 6.05. The number of amides is 2. The maximum Gasteiger partial charge on any atom is 0.410 e. The normalized spacial score (nSPS) is 17.2. The maximum absolute atomic E-state index is 11.8. The fourth-order valence-corrected chi connectivity index (χ4v) is 2.79. The predicted molar refractivity (Wildman–Crippen MR) is 94.2 cm³/mol. The topological polar surface area (TPSA) is 109 Å². The molecule has 0 radical (unpaired) electrons. The number of carbonyl (C=O) groups is 2. The number of morpholine rings is 1. The molecule has 2 saturated heterocycles. The van der Waals surface area contributed by atoms with Crippen molar-refractivity contribution < 1.29 is 19.1 Å². The second kappa shape index (κ2) is 8.65. The molecule has 142 valence electrons. The first-order chi connectivity index (χ1) is 12.6. The van der Waals surface area contributed by atoms with Crippen molar-refractivity contribution in [1.29, 1.82) is 0 Å². The number of nitrogens with zero attached hydrogens (tertiary/aromatic N) is 4. The Bertz CT molecular complexity index is 650. The van der Waals surface area contributed by atoms with Gasteiger partial charge in [0.15, 0.2) is 0 Å². The monoisotopic (exact) mass is 364 g/mol. The molecule has 1 aromatic rings. The summed E-state index contributed by atoms with van der Waals surface area (Å²) < 4.78 is 10.2. The van der Waals surface area contributed by atoms with Crippen LogP contribution in [0.1, 0.15) is 5.82 Å². The van der Waals surface area contributed by atoms with Crippen LogP contribution in [0.3, 0.4) is 0 Å². The Labute approximate surface area is 151 Å². The number of hydrogen-bond donors (Lipinski definition) is 2. The molecule has 2 aliphatic heterocycles. The summed E-state index contributed by atoms with van der Waals surface area (Å²) >= 11 is 0. The second-order valence-electron chi connectivity index (χ2n) is 6.07. The summed E-state index contributed by atoms with van der Waals surface area (Å²) in [6.07, 6.45) is -0.439. The minimum Gasteiger partial charge on any atom is -0.448 e. The molecule has 2 N–H and O–H groups in total. The van der Waals surface area contributed by atoms with E-state index in [0.717, 1.165) is 24.7 Å². The van der Waals surface area contributed by atoms with E-state index in [9.17, 15) is 9.59 Å². The van der Waals surface area contributed by atoms with Gasteiger partial charge in [0.1, 0.15) is 30.6 Å². The number of hydrogen-bond acceptors (Lipinski definition) is 8. The van der Waals surface area contributed by atoms with Gasteiger partial charge in [-0.25, -0.2) is 14.8 Å². The molecule has 2 fully saturated rings. The number of anilines is 2. The van der Waals surface area contributed by atoms with E-state index in [-0.39, 0.29) is 12.5 Å². The largest absolute Gasteiger partial charge is 0.448 e. The van der Waals surface area contributed by atoms with Gasteiger partial charge in [0.2, 0.25) is 5.91 Å². The highest BCUT2D eigenvalue weighted by Crippen LogP contribution is 2.16. The lowest BCUT2D eigenvalue weighted by Crippen LogP contribution is -2.39. The van der Waals surface area contributed by atoms with Gasteiger partial charge in [-0.1, -0.05) is 0 Å². The van der Waals surface area contributed by atoms with Crippen molar-refractivity contribution in [3.05, 3.63) is 11.9 Å². The molecule has 0 unspecified atom stereocenters. The van der Waals surface area contributed by atoms with Crippen molar-refractivity contribution in [2.24, 2.45) is 0 Å². The first-order valence-corrected chi connectivity index (χ1v) is 8.72. The lowest BCUT2D eigenvalue weighted by atomic mass is 10.4. The molecule has 1 aromatic heterocycles. The van der Waals surface area contributed by atoms with Gasteiger partial charge in [0.05, 0.1) is 19.8 Å². The highest BCUT2D eigenvalue weighted by Gasteiger charge is 2.23. The molecule has 0 spiro atoms. The van der Waals surface area contributed by atoms with E-state index >= 15 is 0 Å². The molecule has 2 aliphatic rings. The first kappa shape index (κ1) is 18.2. The smallest absolute Gasteiger partial charge is 0.410 e. The summed E-state index contributed by atoms with van der Waals surface area (Å²) in [5.41, 5.74) is 0. The molecule has 0 bridgehead atoms. The second-order valence-corrected chi connectivity index (χ2v) is 6.07. The standard InChI is InChI=1S/C16H24N6O4/c1-12-19-13(10-14(20-12)21-4-7-25-8-5-21)17-2-3-18-15(23)11-22-6-9-26-16(22)24/h10H,2-9,11H2,1H3,(H,18,23)(H,17,19,20). The molecule has 0 saturated carbocycles. The number of cyclic esters (lactones) is 1. The molecule has 26 heavy (non-hydrogen) atoms. The summed E-state index contributed by atoms with van der Waals surface area (Å²) in [4.78, 5) is 35.5. The summed E-state index contributed by atoms with van der Waals surface area (Å²) in [6, 6.07) is 1.90. The molecule has 0 atom stereocenters. The summed E-state index contributed by atoms with van der Waals surface area (Å²) in [7, 11) is 0. The van der Waals surface area contributed by atoms with Crippen LogP contribution in [-0.4, -0.2) is 86.0 Å². The van der Waals surface area contributed by atoms with Gasteiger partial charge in [0.25, 0.3) is 0 Å². The van der Waals surface area contributed by atoms with E-state index in [4.69, 9.17) is 9.47 Å². The van der Waals surface area contributed by atoms with E-state index in [1.165, 1.54) is 4.90 Å². The van der Waals surface area contributed by atoms with Gasteiger partial charge in [-0.3, -0.25) is 9.69 Å². The van der Waals surface area contributed by atoms with Crippen LogP contribution < -0.4 is 15.5 Å². The molecule has 3 rings (SSSR count). The van der Waals surface area contributed by atoms with E-state index in [0.29, 0.717) is 45.3 Å². The zero-order valence-corrected chi connectivity index (χ0v) is 14.9. The SMILES string of the molecule is Cc1nc(NCCNC(=O)CN2CCOC2=O)cc(N2CCOCC2)n1. The fraction of sp³-hybridized carbons (Fsp3) is 0.625. The Balaban J connectivity index is 1.43. The number of ether oxygens (including phenoxy) is 2. The number of aromatic nitrogens is 2. The highest BCUT2D eigenvalue weighted by atomic mass is 16.6. The third-order valence-electron chi connectivity index (χ3n) is 4.09. The number of rotatable bonds is 7. The summed E-state index contributed by atoms with van der Waals surface area (Å²) in [6.45, 7) is 6.63. The third-order valence-corrected chi connectivity index (χ3v) is 4.09. The van der Waals surface area contributed by atoms with Crippen molar-refractivity contribution in [3.8, 4) is 0 Å². The zero-order valence-electron chi connectivity index (χ0n) is 14.9. The minimum atomic E-state index is -0.439. The molecule has 10 nitrogen and oxygen atoms in total.